The number of anilines is 1. The summed E-state index contributed by atoms with van der Waals surface area (Å²) in [6.45, 7) is 3.90. The van der Waals surface area contributed by atoms with Crippen molar-refractivity contribution in [3.63, 3.8) is 0 Å². The quantitative estimate of drug-likeness (QED) is 0.610. The van der Waals surface area contributed by atoms with Gasteiger partial charge in [0.25, 0.3) is 15.9 Å². The topological polar surface area (TPSA) is 75.7 Å². The fourth-order valence-corrected chi connectivity index (χ4v) is 5.27. The minimum Gasteiger partial charge on any atom is -0.476 e. The first-order valence-corrected chi connectivity index (χ1v) is 12.0. The van der Waals surface area contributed by atoms with Crippen molar-refractivity contribution in [3.8, 4) is 5.75 Å². The van der Waals surface area contributed by atoms with E-state index < -0.39 is 16.1 Å². The summed E-state index contributed by atoms with van der Waals surface area (Å²) in [5.41, 5.74) is 2.56. The summed E-state index contributed by atoms with van der Waals surface area (Å²) in [5.74, 6) is 0.0157. The van der Waals surface area contributed by atoms with Crippen LogP contribution in [0.15, 0.2) is 83.8 Å². The van der Waals surface area contributed by atoms with Gasteiger partial charge in [0.1, 0.15) is 5.75 Å². The van der Waals surface area contributed by atoms with Gasteiger partial charge in [0, 0.05) is 0 Å². The van der Waals surface area contributed by atoms with Crippen LogP contribution in [-0.2, 0) is 14.8 Å². The second-order valence-corrected chi connectivity index (χ2v) is 9.67. The summed E-state index contributed by atoms with van der Waals surface area (Å²) >= 11 is 0. The van der Waals surface area contributed by atoms with E-state index in [-0.39, 0.29) is 23.4 Å². The van der Waals surface area contributed by atoms with E-state index in [2.05, 4.69) is 5.32 Å². The molecule has 2 atom stereocenters. The van der Waals surface area contributed by atoms with Crippen LogP contribution in [0.3, 0.4) is 0 Å². The van der Waals surface area contributed by atoms with Crippen LogP contribution in [0.4, 0.5) is 5.69 Å². The number of nitrogens with one attached hydrogen (secondary N) is 1. The maximum Gasteiger partial charge on any atom is 0.264 e. The van der Waals surface area contributed by atoms with E-state index in [0.29, 0.717) is 17.9 Å². The van der Waals surface area contributed by atoms with Gasteiger partial charge in [0.15, 0.2) is 6.10 Å². The Morgan fingerprint density at radius 1 is 1.03 bits per heavy atom. The Hall–Kier alpha value is -3.32. The Balaban J connectivity index is 1.62. The van der Waals surface area contributed by atoms with Crippen LogP contribution in [0.1, 0.15) is 30.5 Å². The van der Waals surface area contributed by atoms with Crippen LogP contribution in [0.25, 0.3) is 0 Å². The highest BCUT2D eigenvalue weighted by atomic mass is 32.2. The summed E-state index contributed by atoms with van der Waals surface area (Å²) < 4.78 is 34.0. The minimum atomic E-state index is -3.86. The molecule has 7 heteroatoms. The van der Waals surface area contributed by atoms with Crippen LogP contribution in [0, 0.1) is 6.92 Å². The van der Waals surface area contributed by atoms with Crippen LogP contribution < -0.4 is 14.4 Å². The average Bonchev–Trinajstić information content (AvgIpc) is 2.82. The molecular weight excluding hydrogens is 424 g/mol. The number of rotatable bonds is 6. The molecule has 1 N–H and O–H groups in total. The van der Waals surface area contributed by atoms with Gasteiger partial charge in [-0.15, -0.1) is 0 Å². The van der Waals surface area contributed by atoms with Gasteiger partial charge in [0.05, 0.1) is 23.2 Å². The zero-order valence-electron chi connectivity index (χ0n) is 18.1. The molecule has 0 radical (unpaired) electrons. The maximum absolute atomic E-state index is 13.4. The molecular formula is C25H26N2O4S. The molecule has 3 aromatic rings. The lowest BCUT2D eigenvalue weighted by Crippen LogP contribution is -2.51. The Morgan fingerprint density at radius 3 is 2.38 bits per heavy atom. The van der Waals surface area contributed by atoms with Crippen LogP contribution in [-0.4, -0.2) is 27.0 Å². The number of ether oxygens (including phenoxy) is 1. The zero-order chi connectivity index (χ0) is 22.7. The first-order valence-electron chi connectivity index (χ1n) is 10.6. The zero-order valence-corrected chi connectivity index (χ0v) is 18.9. The second-order valence-electron chi connectivity index (χ2n) is 7.80. The van der Waals surface area contributed by atoms with Crippen LogP contribution in [0.5, 0.6) is 5.75 Å². The van der Waals surface area contributed by atoms with Gasteiger partial charge in [-0.3, -0.25) is 9.10 Å². The van der Waals surface area contributed by atoms with E-state index >= 15 is 0 Å². The molecule has 0 aromatic heterocycles. The van der Waals surface area contributed by atoms with Crippen molar-refractivity contribution in [1.82, 2.24) is 5.32 Å². The Kier molecular flexibility index (Phi) is 6.19. The number of amides is 1. The lowest BCUT2D eigenvalue weighted by atomic mass is 10.0. The summed E-state index contributed by atoms with van der Waals surface area (Å²) in [4.78, 5) is 13.3. The lowest BCUT2D eigenvalue weighted by Gasteiger charge is -2.35. The lowest BCUT2D eigenvalue weighted by molar-refractivity contribution is -0.128. The van der Waals surface area contributed by atoms with Gasteiger partial charge in [-0.2, -0.15) is 0 Å². The van der Waals surface area contributed by atoms with Crippen molar-refractivity contribution < 1.29 is 17.9 Å². The van der Waals surface area contributed by atoms with Gasteiger partial charge < -0.3 is 10.1 Å². The molecule has 0 fully saturated rings. The summed E-state index contributed by atoms with van der Waals surface area (Å²) in [7, 11) is -3.86. The number of fused-ring (bicyclic) bond motifs is 1. The van der Waals surface area contributed by atoms with Gasteiger partial charge in [-0.25, -0.2) is 8.42 Å². The molecule has 166 valence electrons. The first kappa shape index (κ1) is 21.9. The number of para-hydroxylation sites is 2. The molecule has 1 aliphatic rings. The molecule has 0 aliphatic carbocycles. The van der Waals surface area contributed by atoms with Gasteiger partial charge in [-0.05, 0) is 43.2 Å². The van der Waals surface area contributed by atoms with Gasteiger partial charge in [0.2, 0.25) is 0 Å². The molecule has 0 saturated carbocycles. The Morgan fingerprint density at radius 2 is 1.69 bits per heavy atom. The van der Waals surface area contributed by atoms with E-state index in [0.717, 1.165) is 11.1 Å². The van der Waals surface area contributed by atoms with Gasteiger partial charge in [-0.1, -0.05) is 67.1 Å². The molecule has 0 saturated heterocycles. The Labute approximate surface area is 188 Å². The number of benzene rings is 3. The molecule has 6 nitrogen and oxygen atoms in total. The number of sulfonamides is 1. The van der Waals surface area contributed by atoms with E-state index in [1.165, 1.54) is 4.31 Å². The van der Waals surface area contributed by atoms with E-state index in [1.54, 1.807) is 54.6 Å². The van der Waals surface area contributed by atoms with Crippen molar-refractivity contribution in [2.45, 2.75) is 37.3 Å². The second kappa shape index (κ2) is 9.04. The summed E-state index contributed by atoms with van der Waals surface area (Å²) in [6.07, 6.45) is -0.271. The minimum absolute atomic E-state index is 0.107. The van der Waals surface area contributed by atoms with Crippen molar-refractivity contribution in [2.24, 2.45) is 0 Å². The predicted molar refractivity (Wildman–Crippen MR) is 124 cm³/mol. The van der Waals surface area contributed by atoms with E-state index in [4.69, 9.17) is 4.74 Å². The number of hydrogen-bond donors (Lipinski definition) is 1. The Bertz CT molecular complexity index is 1190. The van der Waals surface area contributed by atoms with Crippen molar-refractivity contribution in [1.29, 1.82) is 0 Å². The molecule has 0 bridgehead atoms. The third kappa shape index (κ3) is 4.34. The number of carbonyl (C=O) groups is 1. The predicted octanol–water partition coefficient (Wildman–Crippen LogP) is 4.22. The van der Waals surface area contributed by atoms with E-state index in [1.807, 2.05) is 38.1 Å². The fraction of sp³-hybridized carbons (Fsp3) is 0.240. The normalized spacial score (nSPS) is 16.6. The van der Waals surface area contributed by atoms with Crippen LogP contribution >= 0.6 is 0 Å². The number of carbonyl (C=O) groups excluding carboxylic acids is 1. The van der Waals surface area contributed by atoms with Crippen molar-refractivity contribution in [3.05, 3.63) is 90.0 Å². The largest absolute Gasteiger partial charge is 0.476 e. The molecule has 32 heavy (non-hydrogen) atoms. The molecule has 0 spiro atoms. The smallest absolute Gasteiger partial charge is 0.264 e. The number of aryl methyl sites for hydroxylation is 1. The molecule has 1 heterocycles. The van der Waals surface area contributed by atoms with Crippen molar-refractivity contribution in [2.75, 3.05) is 10.8 Å². The van der Waals surface area contributed by atoms with Crippen LogP contribution in [0.2, 0.25) is 0 Å². The molecule has 4 rings (SSSR count). The summed E-state index contributed by atoms with van der Waals surface area (Å²) in [5, 5.41) is 3.03. The van der Waals surface area contributed by atoms with Crippen molar-refractivity contribution >= 4 is 21.6 Å². The highest BCUT2D eigenvalue weighted by Crippen LogP contribution is 2.37. The highest BCUT2D eigenvalue weighted by molar-refractivity contribution is 7.92. The standard InChI is InChI=1S/C25H26N2O4S/c1-3-21(19-15-13-18(2)14-16-19)26-25(28)24-17-27(22-11-7-8-12-23(22)31-24)32(29,30)20-9-5-4-6-10-20/h4-16,21,24H,3,17H2,1-2H3,(H,26,28)/t21-,24-/m0/s1. The summed E-state index contributed by atoms with van der Waals surface area (Å²) in [6, 6.07) is 22.9. The molecule has 1 aliphatic heterocycles. The number of nitrogens with zero attached hydrogens (tertiary/aromatic N) is 1. The third-order valence-electron chi connectivity index (χ3n) is 5.56. The SMILES string of the molecule is CC[C@H](NC(=O)[C@@H]1CN(S(=O)(=O)c2ccccc2)c2ccccc2O1)c1ccc(C)cc1. The maximum atomic E-state index is 13.4. The highest BCUT2D eigenvalue weighted by Gasteiger charge is 2.37. The first-order chi connectivity index (χ1) is 15.4. The fourth-order valence-electron chi connectivity index (χ4n) is 3.77. The number of hydrogen-bond acceptors (Lipinski definition) is 4. The molecule has 1 amide bonds. The van der Waals surface area contributed by atoms with E-state index in [9.17, 15) is 13.2 Å². The third-order valence-corrected chi connectivity index (χ3v) is 7.36. The average molecular weight is 451 g/mol. The molecule has 0 unspecified atom stereocenters. The monoisotopic (exact) mass is 450 g/mol. The van der Waals surface area contributed by atoms with Gasteiger partial charge >= 0.3 is 0 Å². The molecule has 3 aromatic carbocycles.